The molecule has 0 radical (unpaired) electrons. The molecule has 1 amide bonds. The van der Waals surface area contributed by atoms with Crippen molar-refractivity contribution >= 4 is 45.6 Å². The average Bonchev–Trinajstić information content (AvgIpc) is 2.59. The molecule has 1 aromatic rings. The Labute approximate surface area is 114 Å². The largest absolute Gasteiger partial charge is 0.350 e. The van der Waals surface area contributed by atoms with Crippen LogP contribution in [-0.4, -0.2) is 11.9 Å². The molecular weight excluding hydrogens is 312 g/mol. The fourth-order valence-electron chi connectivity index (χ4n) is 1.04. The van der Waals surface area contributed by atoms with E-state index in [2.05, 4.69) is 21.2 Å². The third-order valence-corrected chi connectivity index (χ3v) is 3.78. The fourth-order valence-corrected chi connectivity index (χ4v) is 2.43. The molecule has 0 aliphatic heterocycles. The topological polar surface area (TPSA) is 55.1 Å². The van der Waals surface area contributed by atoms with E-state index in [0.717, 1.165) is 9.35 Å². The lowest BCUT2D eigenvalue weighted by Gasteiger charge is -2.14. The highest BCUT2D eigenvalue weighted by molar-refractivity contribution is 9.10. The summed E-state index contributed by atoms with van der Waals surface area (Å²) in [5.41, 5.74) is 5.71. The Balaban J connectivity index is 0.00000225. The lowest BCUT2D eigenvalue weighted by molar-refractivity contribution is -0.123. The van der Waals surface area contributed by atoms with E-state index in [1.807, 2.05) is 25.3 Å². The summed E-state index contributed by atoms with van der Waals surface area (Å²) >= 11 is 4.97. The van der Waals surface area contributed by atoms with Gasteiger partial charge in [-0.3, -0.25) is 4.79 Å². The van der Waals surface area contributed by atoms with Gasteiger partial charge in [0.2, 0.25) is 5.91 Å². The van der Waals surface area contributed by atoms with Gasteiger partial charge in [0.25, 0.3) is 0 Å². The minimum atomic E-state index is -0.423. The van der Waals surface area contributed by atoms with Crippen LogP contribution in [0.3, 0.4) is 0 Å². The number of nitrogens with two attached hydrogens (primary N) is 1. The second-order valence-corrected chi connectivity index (χ2v) is 5.63. The van der Waals surface area contributed by atoms with Crippen molar-refractivity contribution in [1.82, 2.24) is 5.32 Å². The maximum absolute atomic E-state index is 11.5. The number of thiophene rings is 1. The van der Waals surface area contributed by atoms with Gasteiger partial charge in [-0.2, -0.15) is 0 Å². The van der Waals surface area contributed by atoms with Gasteiger partial charge in [-0.15, -0.1) is 23.7 Å². The van der Waals surface area contributed by atoms with Gasteiger partial charge in [0.1, 0.15) is 0 Å². The Morgan fingerprint density at radius 3 is 2.69 bits per heavy atom. The second kappa shape index (κ2) is 7.27. The van der Waals surface area contributed by atoms with E-state index in [0.29, 0.717) is 6.54 Å². The molecule has 1 rings (SSSR count). The monoisotopic (exact) mass is 326 g/mol. The number of hydrogen-bond acceptors (Lipinski definition) is 3. The first kappa shape index (κ1) is 15.9. The molecule has 0 spiro atoms. The van der Waals surface area contributed by atoms with Crippen molar-refractivity contribution in [3.63, 3.8) is 0 Å². The highest BCUT2D eigenvalue weighted by Crippen LogP contribution is 2.19. The molecule has 0 saturated carbocycles. The highest BCUT2D eigenvalue weighted by Gasteiger charge is 2.16. The van der Waals surface area contributed by atoms with E-state index in [1.54, 1.807) is 11.3 Å². The van der Waals surface area contributed by atoms with Crippen LogP contribution >= 0.6 is 39.7 Å². The SMILES string of the molecule is CC(C)C(N)C(=O)NCc1cc(Br)cs1.Cl. The van der Waals surface area contributed by atoms with Crippen molar-refractivity contribution in [1.29, 1.82) is 0 Å². The third kappa shape index (κ3) is 4.82. The Hall–Kier alpha value is -0.100. The molecule has 0 aliphatic rings. The summed E-state index contributed by atoms with van der Waals surface area (Å²) in [6.45, 7) is 4.42. The van der Waals surface area contributed by atoms with E-state index in [4.69, 9.17) is 5.73 Å². The summed E-state index contributed by atoms with van der Waals surface area (Å²) in [7, 11) is 0. The van der Waals surface area contributed by atoms with E-state index in [1.165, 1.54) is 0 Å². The van der Waals surface area contributed by atoms with E-state index < -0.39 is 6.04 Å². The molecule has 16 heavy (non-hydrogen) atoms. The van der Waals surface area contributed by atoms with Crippen LogP contribution in [0.5, 0.6) is 0 Å². The normalized spacial score (nSPS) is 12.1. The number of carbonyl (C=O) groups is 1. The zero-order valence-electron chi connectivity index (χ0n) is 9.20. The molecule has 3 N–H and O–H groups in total. The number of rotatable bonds is 4. The Bertz CT molecular complexity index is 343. The van der Waals surface area contributed by atoms with E-state index >= 15 is 0 Å². The molecule has 0 aliphatic carbocycles. The number of nitrogens with one attached hydrogen (secondary N) is 1. The summed E-state index contributed by atoms with van der Waals surface area (Å²) in [5, 5.41) is 4.81. The molecule has 1 aromatic heterocycles. The summed E-state index contributed by atoms with van der Waals surface area (Å²) in [6, 6.07) is 1.57. The third-order valence-electron chi connectivity index (χ3n) is 2.08. The lowest BCUT2D eigenvalue weighted by Crippen LogP contribution is -2.43. The summed E-state index contributed by atoms with van der Waals surface area (Å²) in [6.07, 6.45) is 0. The average molecular weight is 328 g/mol. The first-order valence-electron chi connectivity index (χ1n) is 4.77. The molecule has 1 unspecified atom stereocenters. The van der Waals surface area contributed by atoms with E-state index in [9.17, 15) is 4.79 Å². The lowest BCUT2D eigenvalue weighted by atomic mass is 10.1. The van der Waals surface area contributed by atoms with Gasteiger partial charge in [-0.1, -0.05) is 13.8 Å². The maximum Gasteiger partial charge on any atom is 0.237 e. The van der Waals surface area contributed by atoms with Crippen molar-refractivity contribution in [2.45, 2.75) is 26.4 Å². The summed E-state index contributed by atoms with van der Waals surface area (Å²) < 4.78 is 1.05. The molecule has 1 heterocycles. The van der Waals surface area contributed by atoms with Crippen molar-refractivity contribution in [2.75, 3.05) is 0 Å². The van der Waals surface area contributed by atoms with Gasteiger partial charge < -0.3 is 11.1 Å². The van der Waals surface area contributed by atoms with Crippen LogP contribution < -0.4 is 11.1 Å². The smallest absolute Gasteiger partial charge is 0.237 e. The standard InChI is InChI=1S/C10H15BrN2OS.ClH/c1-6(2)9(12)10(14)13-4-8-3-7(11)5-15-8;/h3,5-6,9H,4,12H2,1-2H3,(H,13,14);1H. The Morgan fingerprint density at radius 1 is 1.62 bits per heavy atom. The van der Waals surface area contributed by atoms with Crippen molar-refractivity contribution < 1.29 is 4.79 Å². The zero-order valence-corrected chi connectivity index (χ0v) is 12.4. The van der Waals surface area contributed by atoms with Gasteiger partial charge in [-0.25, -0.2) is 0 Å². The number of carbonyl (C=O) groups excluding carboxylic acids is 1. The van der Waals surface area contributed by atoms with Crippen LogP contribution in [0.4, 0.5) is 0 Å². The molecule has 3 nitrogen and oxygen atoms in total. The van der Waals surface area contributed by atoms with Crippen molar-refractivity contribution in [3.8, 4) is 0 Å². The minimum Gasteiger partial charge on any atom is -0.350 e. The Morgan fingerprint density at radius 2 is 2.25 bits per heavy atom. The van der Waals surface area contributed by atoms with Crippen molar-refractivity contribution in [2.24, 2.45) is 11.7 Å². The number of halogens is 2. The first-order chi connectivity index (χ1) is 7.00. The molecular formula is C10H16BrClN2OS. The Kier molecular flexibility index (Phi) is 7.22. The van der Waals surface area contributed by atoms with Crippen LogP contribution in [0.1, 0.15) is 18.7 Å². The molecule has 0 fully saturated rings. The first-order valence-corrected chi connectivity index (χ1v) is 6.44. The summed E-state index contributed by atoms with van der Waals surface area (Å²) in [4.78, 5) is 12.6. The second-order valence-electron chi connectivity index (χ2n) is 3.72. The fraction of sp³-hybridized carbons (Fsp3) is 0.500. The molecule has 0 bridgehead atoms. The van der Waals surface area contributed by atoms with Crippen LogP contribution in [0.2, 0.25) is 0 Å². The van der Waals surface area contributed by atoms with Crippen LogP contribution in [-0.2, 0) is 11.3 Å². The van der Waals surface area contributed by atoms with Gasteiger partial charge in [0.15, 0.2) is 0 Å². The molecule has 0 saturated heterocycles. The zero-order chi connectivity index (χ0) is 11.4. The minimum absolute atomic E-state index is 0. The summed E-state index contributed by atoms with van der Waals surface area (Å²) in [5.74, 6) is 0.0783. The predicted molar refractivity (Wildman–Crippen MR) is 73.9 cm³/mol. The molecule has 6 heteroatoms. The highest BCUT2D eigenvalue weighted by atomic mass is 79.9. The number of hydrogen-bond donors (Lipinski definition) is 2. The maximum atomic E-state index is 11.5. The van der Waals surface area contributed by atoms with Gasteiger partial charge in [-0.05, 0) is 27.9 Å². The predicted octanol–water partition coefficient (Wildman–Crippen LogP) is 2.53. The van der Waals surface area contributed by atoms with Gasteiger partial charge in [0, 0.05) is 14.7 Å². The van der Waals surface area contributed by atoms with Crippen LogP contribution in [0.25, 0.3) is 0 Å². The molecule has 92 valence electrons. The molecule has 1 atom stereocenters. The van der Waals surface area contributed by atoms with Crippen molar-refractivity contribution in [3.05, 3.63) is 20.8 Å². The molecule has 0 aromatic carbocycles. The van der Waals surface area contributed by atoms with Gasteiger partial charge >= 0.3 is 0 Å². The van der Waals surface area contributed by atoms with E-state index in [-0.39, 0.29) is 24.2 Å². The quantitative estimate of drug-likeness (QED) is 0.893. The van der Waals surface area contributed by atoms with Gasteiger partial charge in [0.05, 0.1) is 12.6 Å². The number of amides is 1. The van der Waals surface area contributed by atoms with Crippen LogP contribution in [0, 0.1) is 5.92 Å². The van der Waals surface area contributed by atoms with Crippen LogP contribution in [0.15, 0.2) is 15.9 Å².